The number of hydrogen-bond acceptors (Lipinski definition) is 2. The molecule has 0 bridgehead atoms. The van der Waals surface area contributed by atoms with Crippen LogP contribution in [0.5, 0.6) is 0 Å². The number of rotatable bonds is 13. The van der Waals surface area contributed by atoms with E-state index in [2.05, 4.69) is 31.0 Å². The Morgan fingerprint density at radius 1 is 0.647 bits per heavy atom. The van der Waals surface area contributed by atoms with Gasteiger partial charge in [0.2, 0.25) is 0 Å². The average Bonchev–Trinajstić information content (AvgIpc) is 2.35. The number of unbranched alkanes of at least 4 members (excludes halogenated alkanes) is 4. The van der Waals surface area contributed by atoms with E-state index in [1.807, 2.05) is 0 Å². The first-order valence-corrected chi connectivity index (χ1v) is 7.78. The molecule has 0 aromatic carbocycles. The summed E-state index contributed by atoms with van der Waals surface area (Å²) < 4.78 is 0. The van der Waals surface area contributed by atoms with Crippen LogP contribution in [0.1, 0.15) is 65.7 Å². The molecule has 0 spiro atoms. The minimum Gasteiger partial charge on any atom is -0.315 e. The predicted octanol–water partition coefficient (Wildman–Crippen LogP) is 3.67. The van der Waals surface area contributed by atoms with Gasteiger partial charge in [-0.25, -0.2) is 0 Å². The number of nitrogens with one attached hydrogen (secondary N) is 1. The van der Waals surface area contributed by atoms with Crippen LogP contribution < -0.4 is 5.32 Å². The lowest BCUT2D eigenvalue weighted by Crippen LogP contribution is -2.34. The van der Waals surface area contributed by atoms with Gasteiger partial charge in [-0.2, -0.15) is 0 Å². The smallest absolute Gasteiger partial charge is 0.0107 e. The minimum atomic E-state index is 1.16. The number of nitrogens with zero attached hydrogens (tertiary/aromatic N) is 1. The maximum Gasteiger partial charge on any atom is 0.0107 e. The summed E-state index contributed by atoms with van der Waals surface area (Å²) in [6.45, 7) is 13.0. The molecule has 0 unspecified atom stereocenters. The third-order valence-electron chi connectivity index (χ3n) is 3.22. The van der Waals surface area contributed by atoms with Crippen LogP contribution in [0.2, 0.25) is 0 Å². The van der Waals surface area contributed by atoms with E-state index >= 15 is 0 Å². The van der Waals surface area contributed by atoms with Crippen LogP contribution in [-0.4, -0.2) is 37.6 Å². The molecule has 0 saturated heterocycles. The molecule has 0 aliphatic heterocycles. The van der Waals surface area contributed by atoms with Gasteiger partial charge in [0.1, 0.15) is 0 Å². The molecule has 2 heteroatoms. The molecule has 0 aliphatic carbocycles. The van der Waals surface area contributed by atoms with Gasteiger partial charge in [-0.05, 0) is 38.9 Å². The summed E-state index contributed by atoms with van der Waals surface area (Å²) in [6.07, 6.45) is 9.34. The van der Waals surface area contributed by atoms with Crippen molar-refractivity contribution in [1.29, 1.82) is 0 Å². The minimum absolute atomic E-state index is 1.16. The molecule has 0 saturated carbocycles. The second-order valence-corrected chi connectivity index (χ2v) is 5.01. The quantitative estimate of drug-likeness (QED) is 0.496. The molecule has 1 N–H and O–H groups in total. The Labute approximate surface area is 109 Å². The zero-order valence-electron chi connectivity index (χ0n) is 12.4. The van der Waals surface area contributed by atoms with Crippen molar-refractivity contribution in [1.82, 2.24) is 10.2 Å². The highest BCUT2D eigenvalue weighted by molar-refractivity contribution is 4.60. The normalized spacial score (nSPS) is 11.3. The van der Waals surface area contributed by atoms with E-state index in [0.29, 0.717) is 0 Å². The molecule has 0 fully saturated rings. The number of hydrogen-bond donors (Lipinski definition) is 1. The molecule has 0 atom stereocenters. The monoisotopic (exact) mass is 242 g/mol. The van der Waals surface area contributed by atoms with Crippen LogP contribution in [0.15, 0.2) is 0 Å². The van der Waals surface area contributed by atoms with E-state index < -0.39 is 0 Å². The summed E-state index contributed by atoms with van der Waals surface area (Å²) in [6, 6.07) is 0. The highest BCUT2D eigenvalue weighted by Crippen LogP contribution is 1.98. The van der Waals surface area contributed by atoms with Crippen molar-refractivity contribution >= 4 is 0 Å². The van der Waals surface area contributed by atoms with Gasteiger partial charge in [0, 0.05) is 13.1 Å². The van der Waals surface area contributed by atoms with Crippen LogP contribution in [0.25, 0.3) is 0 Å². The Morgan fingerprint density at radius 2 is 1.24 bits per heavy atom. The summed E-state index contributed by atoms with van der Waals surface area (Å²) in [5.74, 6) is 0. The predicted molar refractivity (Wildman–Crippen MR) is 78.7 cm³/mol. The van der Waals surface area contributed by atoms with Crippen molar-refractivity contribution in [3.63, 3.8) is 0 Å². The molecule has 0 amide bonds. The summed E-state index contributed by atoms with van der Waals surface area (Å²) in [4.78, 5) is 2.62. The van der Waals surface area contributed by atoms with Crippen LogP contribution in [0, 0.1) is 0 Å². The van der Waals surface area contributed by atoms with Gasteiger partial charge in [-0.15, -0.1) is 0 Å². The van der Waals surface area contributed by atoms with Crippen LogP contribution in [0.3, 0.4) is 0 Å². The third kappa shape index (κ3) is 12.2. The SMILES string of the molecule is CCCCCNCCN(CCCC)CCCC. The van der Waals surface area contributed by atoms with Crippen LogP contribution >= 0.6 is 0 Å². The van der Waals surface area contributed by atoms with Crippen molar-refractivity contribution in [2.45, 2.75) is 65.7 Å². The molecule has 0 aromatic heterocycles. The Morgan fingerprint density at radius 3 is 1.76 bits per heavy atom. The standard InChI is InChI=1S/C15H34N2/c1-4-7-10-11-16-12-15-17(13-8-5-2)14-9-6-3/h16H,4-15H2,1-3H3. The fourth-order valence-corrected chi connectivity index (χ4v) is 1.96. The first-order chi connectivity index (χ1) is 8.35. The van der Waals surface area contributed by atoms with Crippen LogP contribution in [0.4, 0.5) is 0 Å². The van der Waals surface area contributed by atoms with Gasteiger partial charge in [-0.3, -0.25) is 0 Å². The van der Waals surface area contributed by atoms with Crippen molar-refractivity contribution in [3.8, 4) is 0 Å². The topological polar surface area (TPSA) is 15.3 Å². The second-order valence-electron chi connectivity index (χ2n) is 5.01. The van der Waals surface area contributed by atoms with Crippen LogP contribution in [-0.2, 0) is 0 Å². The Bertz CT molecular complexity index is 129. The molecule has 2 nitrogen and oxygen atoms in total. The van der Waals surface area contributed by atoms with E-state index in [1.54, 1.807) is 0 Å². The highest BCUT2D eigenvalue weighted by atomic mass is 15.1. The summed E-state index contributed by atoms with van der Waals surface area (Å²) in [5, 5.41) is 3.56. The zero-order valence-corrected chi connectivity index (χ0v) is 12.4. The van der Waals surface area contributed by atoms with Gasteiger partial charge in [0.05, 0.1) is 0 Å². The van der Waals surface area contributed by atoms with E-state index in [4.69, 9.17) is 0 Å². The molecule has 0 rings (SSSR count). The van der Waals surface area contributed by atoms with Crippen molar-refractivity contribution in [3.05, 3.63) is 0 Å². The molecular formula is C15H34N2. The van der Waals surface area contributed by atoms with Gasteiger partial charge >= 0.3 is 0 Å². The zero-order chi connectivity index (χ0) is 12.8. The maximum atomic E-state index is 3.56. The van der Waals surface area contributed by atoms with E-state index in [9.17, 15) is 0 Å². The Hall–Kier alpha value is -0.0800. The van der Waals surface area contributed by atoms with Gasteiger partial charge < -0.3 is 10.2 Å². The van der Waals surface area contributed by atoms with Gasteiger partial charge in [-0.1, -0.05) is 46.5 Å². The van der Waals surface area contributed by atoms with Crippen molar-refractivity contribution in [2.75, 3.05) is 32.7 Å². The molecule has 0 aromatic rings. The van der Waals surface area contributed by atoms with E-state index in [0.717, 1.165) is 6.54 Å². The molecule has 104 valence electrons. The first-order valence-electron chi connectivity index (χ1n) is 7.78. The maximum absolute atomic E-state index is 3.56. The fraction of sp³-hybridized carbons (Fsp3) is 1.00. The average molecular weight is 242 g/mol. The first kappa shape index (κ1) is 16.9. The largest absolute Gasteiger partial charge is 0.315 e. The summed E-state index contributed by atoms with van der Waals surface area (Å²) in [5.41, 5.74) is 0. The Balaban J connectivity index is 3.45. The third-order valence-corrected chi connectivity index (χ3v) is 3.22. The van der Waals surface area contributed by atoms with Gasteiger partial charge in [0.15, 0.2) is 0 Å². The lowest BCUT2D eigenvalue weighted by molar-refractivity contribution is 0.264. The van der Waals surface area contributed by atoms with E-state index in [1.165, 1.54) is 71.1 Å². The molecule has 0 radical (unpaired) electrons. The van der Waals surface area contributed by atoms with Crippen molar-refractivity contribution < 1.29 is 0 Å². The second kappa shape index (κ2) is 14.0. The Kier molecular flexibility index (Phi) is 13.9. The fourth-order valence-electron chi connectivity index (χ4n) is 1.96. The summed E-state index contributed by atoms with van der Waals surface area (Å²) >= 11 is 0. The summed E-state index contributed by atoms with van der Waals surface area (Å²) in [7, 11) is 0. The lowest BCUT2D eigenvalue weighted by atomic mass is 10.2. The molecule has 17 heavy (non-hydrogen) atoms. The highest BCUT2D eigenvalue weighted by Gasteiger charge is 2.02. The molecule has 0 heterocycles. The lowest BCUT2D eigenvalue weighted by Gasteiger charge is -2.22. The molecular weight excluding hydrogens is 208 g/mol. The van der Waals surface area contributed by atoms with E-state index in [-0.39, 0.29) is 0 Å². The molecule has 0 aliphatic rings. The van der Waals surface area contributed by atoms with Gasteiger partial charge in [0.25, 0.3) is 0 Å². The van der Waals surface area contributed by atoms with Crippen molar-refractivity contribution in [2.24, 2.45) is 0 Å².